The third kappa shape index (κ3) is 4.48. The Balaban J connectivity index is 1.53. The lowest BCUT2D eigenvalue weighted by atomic mass is 10.1. The third-order valence-corrected chi connectivity index (χ3v) is 6.92. The highest BCUT2D eigenvalue weighted by molar-refractivity contribution is 7.18. The van der Waals surface area contributed by atoms with Crippen LogP contribution in [-0.4, -0.2) is 60.3 Å². The van der Waals surface area contributed by atoms with E-state index in [1.165, 1.54) is 31.5 Å². The molecular formula is C25H25FN6O3S. The first kappa shape index (κ1) is 24.0. The number of rotatable bonds is 6. The molecule has 1 amide bonds. The van der Waals surface area contributed by atoms with E-state index in [2.05, 4.69) is 20.2 Å². The molecule has 3 N–H and O–H groups in total. The maximum absolute atomic E-state index is 14.6. The average Bonchev–Trinajstić information content (AvgIpc) is 3.28. The molecule has 9 nitrogen and oxygen atoms in total. The number of anilines is 2. The minimum absolute atomic E-state index is 0.0545. The fraction of sp³-hybridized carbons (Fsp3) is 0.280. The van der Waals surface area contributed by atoms with E-state index >= 15 is 0 Å². The minimum Gasteiger partial charge on any atom is -0.496 e. The maximum Gasteiger partial charge on any atom is 0.274 e. The van der Waals surface area contributed by atoms with Crippen molar-refractivity contribution in [1.29, 1.82) is 0 Å². The second-order valence-electron chi connectivity index (χ2n) is 8.24. The molecule has 11 heteroatoms. The Labute approximate surface area is 211 Å². The number of thiazole rings is 1. The van der Waals surface area contributed by atoms with Crippen LogP contribution in [-0.2, 0) is 4.74 Å². The molecule has 1 saturated heterocycles. The molecule has 0 radical (unpaired) electrons. The molecule has 1 atom stereocenters. The number of aryl methyl sites for hydroxylation is 1. The summed E-state index contributed by atoms with van der Waals surface area (Å²) in [4.78, 5) is 28.8. The number of nitrogens with zero attached hydrogens (tertiary/aromatic N) is 4. The number of ether oxygens (including phenoxy) is 2. The number of methoxy groups -OCH3 is 1. The van der Waals surface area contributed by atoms with Gasteiger partial charge in [-0.25, -0.2) is 19.3 Å². The van der Waals surface area contributed by atoms with Crippen molar-refractivity contribution in [2.45, 2.75) is 13.0 Å². The van der Waals surface area contributed by atoms with E-state index in [9.17, 15) is 9.18 Å². The second-order valence-corrected chi connectivity index (χ2v) is 9.47. The van der Waals surface area contributed by atoms with E-state index in [1.54, 1.807) is 17.4 Å². The van der Waals surface area contributed by atoms with Crippen molar-refractivity contribution < 1.29 is 18.7 Å². The van der Waals surface area contributed by atoms with Crippen LogP contribution in [0.2, 0.25) is 0 Å². The molecule has 1 fully saturated rings. The summed E-state index contributed by atoms with van der Waals surface area (Å²) in [6.45, 7) is 4.00. The number of carbonyl (C=O) groups excluding carboxylic acids is 1. The number of hydrogen-bond acceptors (Lipinski definition) is 9. The molecule has 0 unspecified atom stereocenters. The van der Waals surface area contributed by atoms with Gasteiger partial charge in [0.25, 0.3) is 5.91 Å². The molecule has 3 heterocycles. The first-order chi connectivity index (χ1) is 17.5. The number of morpholine rings is 1. The first-order valence-corrected chi connectivity index (χ1v) is 12.2. The number of halogens is 1. The number of hydrogen-bond donors (Lipinski definition) is 2. The van der Waals surface area contributed by atoms with Gasteiger partial charge in [0, 0.05) is 19.3 Å². The summed E-state index contributed by atoms with van der Waals surface area (Å²) in [5.41, 5.74) is 8.41. The van der Waals surface area contributed by atoms with Gasteiger partial charge in [-0.05, 0) is 37.3 Å². The number of nitrogens with two attached hydrogens (primary N) is 1. The molecular weight excluding hydrogens is 483 g/mol. The number of fused-ring (bicyclic) bond motifs is 1. The fourth-order valence-electron chi connectivity index (χ4n) is 4.31. The molecule has 186 valence electrons. The number of nitrogens with one attached hydrogen (secondary N) is 1. The molecule has 36 heavy (non-hydrogen) atoms. The monoisotopic (exact) mass is 508 g/mol. The van der Waals surface area contributed by atoms with Gasteiger partial charge in [-0.3, -0.25) is 4.79 Å². The van der Waals surface area contributed by atoms with Crippen molar-refractivity contribution in [1.82, 2.24) is 15.0 Å². The van der Waals surface area contributed by atoms with Crippen LogP contribution in [0.4, 0.5) is 15.8 Å². The third-order valence-electron chi connectivity index (χ3n) is 5.98. The van der Waals surface area contributed by atoms with E-state index in [-0.39, 0.29) is 28.9 Å². The van der Waals surface area contributed by atoms with E-state index in [4.69, 9.17) is 20.2 Å². The van der Waals surface area contributed by atoms with Gasteiger partial charge < -0.3 is 25.4 Å². The van der Waals surface area contributed by atoms with Crippen molar-refractivity contribution >= 4 is 38.8 Å². The molecule has 0 bridgehead atoms. The van der Waals surface area contributed by atoms with Crippen LogP contribution in [0.3, 0.4) is 0 Å². The van der Waals surface area contributed by atoms with Gasteiger partial charge in [-0.15, -0.1) is 11.3 Å². The van der Waals surface area contributed by atoms with Gasteiger partial charge in [-0.2, -0.15) is 0 Å². The molecule has 0 spiro atoms. The summed E-state index contributed by atoms with van der Waals surface area (Å²) in [5, 5.41) is 3.90. The van der Waals surface area contributed by atoms with Crippen LogP contribution in [0.5, 0.6) is 5.75 Å². The Morgan fingerprint density at radius 2 is 2.17 bits per heavy atom. The van der Waals surface area contributed by atoms with Crippen molar-refractivity contribution in [3.8, 4) is 17.1 Å². The number of aromatic nitrogens is 3. The fourth-order valence-corrected chi connectivity index (χ4v) is 5.14. The van der Waals surface area contributed by atoms with Crippen molar-refractivity contribution in [3.63, 3.8) is 0 Å². The predicted octanol–water partition coefficient (Wildman–Crippen LogP) is 3.63. The van der Waals surface area contributed by atoms with Gasteiger partial charge in [0.15, 0.2) is 5.82 Å². The molecule has 2 aromatic heterocycles. The van der Waals surface area contributed by atoms with Crippen molar-refractivity contribution in [2.24, 2.45) is 5.73 Å². The van der Waals surface area contributed by atoms with Gasteiger partial charge in [-0.1, -0.05) is 6.07 Å². The zero-order chi connectivity index (χ0) is 25.2. The standard InChI is InChI=1S/C25H25FN6O3S/c1-14-29-22-20(36-14)7-6-17(23(22)32-10-11-35-13-15(32)12-27)31-25(33)18-8-9-28-24(30-18)21-16(26)4-3-5-19(21)34-2/h3-9,15H,10-13,27H2,1-2H3,(H,31,33)/t15-/m0/s1. The summed E-state index contributed by atoms with van der Waals surface area (Å²) in [6.07, 6.45) is 1.42. The van der Waals surface area contributed by atoms with E-state index in [0.717, 1.165) is 20.9 Å². The molecule has 1 aliphatic rings. The Hall–Kier alpha value is -3.67. The van der Waals surface area contributed by atoms with E-state index < -0.39 is 11.7 Å². The van der Waals surface area contributed by atoms with E-state index in [1.807, 2.05) is 19.1 Å². The zero-order valence-electron chi connectivity index (χ0n) is 19.8. The molecule has 4 aromatic rings. The number of carbonyl (C=O) groups is 1. The van der Waals surface area contributed by atoms with Crippen LogP contribution >= 0.6 is 11.3 Å². The zero-order valence-corrected chi connectivity index (χ0v) is 20.6. The van der Waals surface area contributed by atoms with Crippen molar-refractivity contribution in [2.75, 3.05) is 43.6 Å². The summed E-state index contributed by atoms with van der Waals surface area (Å²) in [7, 11) is 1.44. The normalized spacial score (nSPS) is 15.8. The van der Waals surface area contributed by atoms with E-state index in [0.29, 0.717) is 32.0 Å². The molecule has 2 aromatic carbocycles. The second kappa shape index (κ2) is 10.1. The predicted molar refractivity (Wildman–Crippen MR) is 137 cm³/mol. The van der Waals surface area contributed by atoms with Gasteiger partial charge >= 0.3 is 0 Å². The van der Waals surface area contributed by atoms with Crippen LogP contribution in [0.1, 0.15) is 15.5 Å². The molecule has 0 aliphatic carbocycles. The summed E-state index contributed by atoms with van der Waals surface area (Å²) in [6, 6.07) is 9.66. The van der Waals surface area contributed by atoms with Crippen LogP contribution in [0.25, 0.3) is 21.6 Å². The highest BCUT2D eigenvalue weighted by Crippen LogP contribution is 2.38. The largest absolute Gasteiger partial charge is 0.496 e. The molecule has 1 aliphatic heterocycles. The Kier molecular flexibility index (Phi) is 6.77. The topological polar surface area (TPSA) is 115 Å². The van der Waals surface area contributed by atoms with Gasteiger partial charge in [0.2, 0.25) is 0 Å². The SMILES string of the molecule is COc1cccc(F)c1-c1nccc(C(=O)Nc2ccc3sc(C)nc3c2N2CCOC[C@@H]2CN)n1. The average molecular weight is 509 g/mol. The maximum atomic E-state index is 14.6. The summed E-state index contributed by atoms with van der Waals surface area (Å²) in [5.74, 6) is -0.670. The minimum atomic E-state index is -0.543. The Morgan fingerprint density at radius 3 is 2.97 bits per heavy atom. The van der Waals surface area contributed by atoms with Gasteiger partial charge in [0.05, 0.1) is 53.0 Å². The Morgan fingerprint density at radius 1 is 1.31 bits per heavy atom. The Bertz CT molecular complexity index is 1430. The van der Waals surface area contributed by atoms with Crippen LogP contribution in [0, 0.1) is 12.7 Å². The smallest absolute Gasteiger partial charge is 0.274 e. The van der Waals surface area contributed by atoms with Crippen LogP contribution in [0.15, 0.2) is 42.6 Å². The number of benzene rings is 2. The quantitative estimate of drug-likeness (QED) is 0.406. The highest BCUT2D eigenvalue weighted by atomic mass is 32.1. The van der Waals surface area contributed by atoms with Crippen molar-refractivity contribution in [3.05, 3.63) is 59.1 Å². The molecule has 0 saturated carbocycles. The lowest BCUT2D eigenvalue weighted by Gasteiger charge is -2.37. The lowest BCUT2D eigenvalue weighted by molar-refractivity contribution is 0.0964. The van der Waals surface area contributed by atoms with Gasteiger partial charge in [0.1, 0.15) is 22.8 Å². The molecule has 5 rings (SSSR count). The number of amides is 1. The highest BCUT2D eigenvalue weighted by Gasteiger charge is 2.28. The van der Waals surface area contributed by atoms with Crippen LogP contribution < -0.4 is 20.7 Å². The lowest BCUT2D eigenvalue weighted by Crippen LogP contribution is -2.49. The summed E-state index contributed by atoms with van der Waals surface area (Å²) >= 11 is 1.59. The summed E-state index contributed by atoms with van der Waals surface area (Å²) < 4.78 is 26.5. The first-order valence-electron chi connectivity index (χ1n) is 11.4.